The molecule has 0 aliphatic carbocycles. The molecule has 0 aliphatic heterocycles. The van der Waals surface area contributed by atoms with Crippen LogP contribution in [0.25, 0.3) is 0 Å². The van der Waals surface area contributed by atoms with Gasteiger partial charge in [0.15, 0.2) is 0 Å². The Morgan fingerprint density at radius 2 is 2.06 bits per heavy atom. The van der Waals surface area contributed by atoms with Crippen LogP contribution in [0.3, 0.4) is 0 Å². The summed E-state index contributed by atoms with van der Waals surface area (Å²) in [5.41, 5.74) is 6.84. The first-order valence-electron chi connectivity index (χ1n) is 5.25. The van der Waals surface area contributed by atoms with E-state index in [1.165, 1.54) is 13.1 Å². The van der Waals surface area contributed by atoms with Gasteiger partial charge in [-0.3, -0.25) is 0 Å². The van der Waals surface area contributed by atoms with Crippen LogP contribution in [0.2, 0.25) is 0 Å². The molecule has 0 spiro atoms. The average molecular weight is 258 g/mol. The Morgan fingerprint density at radius 3 is 2.53 bits per heavy atom. The summed E-state index contributed by atoms with van der Waals surface area (Å²) >= 11 is 0. The van der Waals surface area contributed by atoms with Gasteiger partial charge in [0, 0.05) is 13.1 Å². The number of rotatable bonds is 4. The van der Waals surface area contributed by atoms with Gasteiger partial charge in [-0.25, -0.2) is 8.42 Å². The number of benzene rings is 1. The second-order valence-electron chi connectivity index (χ2n) is 4.09. The Labute approximate surface area is 102 Å². The minimum absolute atomic E-state index is 0.0749. The van der Waals surface area contributed by atoms with Crippen LogP contribution in [0.1, 0.15) is 12.5 Å². The Morgan fingerprint density at radius 1 is 1.47 bits per heavy atom. The largest absolute Gasteiger partial charge is 0.398 e. The van der Waals surface area contributed by atoms with E-state index in [1.807, 2.05) is 6.92 Å². The van der Waals surface area contributed by atoms with E-state index in [-0.39, 0.29) is 17.2 Å². The number of likely N-dealkylation sites (N-methyl/N-ethyl adjacent to an activating group) is 1. The Hall–Kier alpha value is -1.11. The lowest BCUT2D eigenvalue weighted by atomic mass is 10.2. The highest BCUT2D eigenvalue weighted by molar-refractivity contribution is 7.89. The molecule has 0 aromatic heterocycles. The van der Waals surface area contributed by atoms with Gasteiger partial charge in [-0.1, -0.05) is 6.07 Å². The zero-order chi connectivity index (χ0) is 13.2. The number of hydrogen-bond donors (Lipinski definition) is 2. The standard InChI is InChI=1S/C11H18N2O3S/c1-8-4-5-11(10(12)6-8)17(15,16)13(3)9(2)7-14/h4-6,9,14H,7,12H2,1-3H3. The van der Waals surface area contributed by atoms with Gasteiger partial charge in [0.2, 0.25) is 10.0 Å². The highest BCUT2D eigenvalue weighted by Gasteiger charge is 2.26. The van der Waals surface area contributed by atoms with Crippen molar-refractivity contribution >= 4 is 15.7 Å². The number of aliphatic hydroxyl groups excluding tert-OH is 1. The zero-order valence-electron chi connectivity index (χ0n) is 10.2. The molecular formula is C11H18N2O3S. The fraction of sp³-hybridized carbons (Fsp3) is 0.455. The summed E-state index contributed by atoms with van der Waals surface area (Å²) in [5.74, 6) is 0. The Kier molecular flexibility index (Phi) is 4.13. The predicted molar refractivity (Wildman–Crippen MR) is 67.1 cm³/mol. The van der Waals surface area contributed by atoms with Crippen molar-refractivity contribution in [2.45, 2.75) is 24.8 Å². The Balaban J connectivity index is 3.22. The number of nitrogens with two attached hydrogens (primary N) is 1. The smallest absolute Gasteiger partial charge is 0.245 e. The third-order valence-corrected chi connectivity index (χ3v) is 4.75. The molecule has 1 rings (SSSR count). The van der Waals surface area contributed by atoms with E-state index in [1.54, 1.807) is 19.1 Å². The van der Waals surface area contributed by atoms with Crippen LogP contribution in [-0.2, 0) is 10.0 Å². The molecule has 0 heterocycles. The van der Waals surface area contributed by atoms with Gasteiger partial charge in [-0.15, -0.1) is 0 Å². The lowest BCUT2D eigenvalue weighted by Gasteiger charge is -2.23. The lowest BCUT2D eigenvalue weighted by Crippen LogP contribution is -2.37. The SMILES string of the molecule is Cc1ccc(S(=O)(=O)N(C)C(C)CO)c(N)c1. The number of anilines is 1. The van der Waals surface area contributed by atoms with E-state index in [2.05, 4.69) is 0 Å². The van der Waals surface area contributed by atoms with Crippen molar-refractivity contribution in [1.82, 2.24) is 4.31 Å². The maximum absolute atomic E-state index is 12.2. The Bertz CT molecular complexity index is 499. The molecule has 96 valence electrons. The summed E-state index contributed by atoms with van der Waals surface area (Å²) < 4.78 is 25.5. The van der Waals surface area contributed by atoms with Gasteiger partial charge in [0.25, 0.3) is 0 Å². The quantitative estimate of drug-likeness (QED) is 0.774. The molecule has 0 bridgehead atoms. The van der Waals surface area contributed by atoms with E-state index in [0.29, 0.717) is 0 Å². The topological polar surface area (TPSA) is 83.6 Å². The van der Waals surface area contributed by atoms with Crippen LogP contribution in [0.4, 0.5) is 5.69 Å². The number of nitrogens with zero attached hydrogens (tertiary/aromatic N) is 1. The van der Waals surface area contributed by atoms with Crippen molar-refractivity contribution < 1.29 is 13.5 Å². The van der Waals surface area contributed by atoms with Crippen molar-refractivity contribution in [1.29, 1.82) is 0 Å². The van der Waals surface area contributed by atoms with Crippen molar-refractivity contribution in [3.63, 3.8) is 0 Å². The molecule has 0 amide bonds. The van der Waals surface area contributed by atoms with E-state index in [9.17, 15) is 8.42 Å². The summed E-state index contributed by atoms with van der Waals surface area (Å²) in [4.78, 5) is 0.0749. The number of sulfonamides is 1. The van der Waals surface area contributed by atoms with Gasteiger partial charge >= 0.3 is 0 Å². The van der Waals surface area contributed by atoms with Crippen LogP contribution < -0.4 is 5.73 Å². The number of aryl methyl sites for hydroxylation is 1. The van der Waals surface area contributed by atoms with Gasteiger partial charge in [0.1, 0.15) is 4.90 Å². The lowest BCUT2D eigenvalue weighted by molar-refractivity contribution is 0.214. The van der Waals surface area contributed by atoms with Crippen molar-refractivity contribution in [3.8, 4) is 0 Å². The summed E-state index contributed by atoms with van der Waals surface area (Å²) in [6, 6.07) is 4.31. The first-order chi connectivity index (χ1) is 7.80. The minimum Gasteiger partial charge on any atom is -0.398 e. The number of nitrogen functional groups attached to an aromatic ring is 1. The fourth-order valence-electron chi connectivity index (χ4n) is 1.41. The maximum Gasteiger partial charge on any atom is 0.245 e. The molecule has 1 aromatic carbocycles. The minimum atomic E-state index is -3.65. The molecule has 0 radical (unpaired) electrons. The first-order valence-corrected chi connectivity index (χ1v) is 6.69. The van der Waals surface area contributed by atoms with Crippen molar-refractivity contribution in [2.75, 3.05) is 19.4 Å². The van der Waals surface area contributed by atoms with Crippen LogP contribution in [0.15, 0.2) is 23.1 Å². The second-order valence-corrected chi connectivity index (χ2v) is 6.06. The molecule has 5 nitrogen and oxygen atoms in total. The van der Waals surface area contributed by atoms with Crippen LogP contribution in [-0.4, -0.2) is 37.5 Å². The van der Waals surface area contributed by atoms with Crippen LogP contribution >= 0.6 is 0 Å². The second kappa shape index (κ2) is 5.03. The molecule has 0 fully saturated rings. The van der Waals surface area contributed by atoms with Gasteiger partial charge in [-0.2, -0.15) is 4.31 Å². The van der Waals surface area contributed by atoms with Gasteiger partial charge < -0.3 is 10.8 Å². The van der Waals surface area contributed by atoms with E-state index < -0.39 is 16.1 Å². The molecule has 1 unspecified atom stereocenters. The van der Waals surface area contributed by atoms with E-state index in [0.717, 1.165) is 9.87 Å². The summed E-state index contributed by atoms with van der Waals surface area (Å²) in [5, 5.41) is 8.99. The van der Waals surface area contributed by atoms with Gasteiger partial charge in [-0.05, 0) is 31.5 Å². The molecule has 6 heteroatoms. The summed E-state index contributed by atoms with van der Waals surface area (Å²) in [6.07, 6.45) is 0. The van der Waals surface area contributed by atoms with Crippen molar-refractivity contribution in [3.05, 3.63) is 23.8 Å². The highest BCUT2D eigenvalue weighted by atomic mass is 32.2. The summed E-state index contributed by atoms with van der Waals surface area (Å²) in [6.45, 7) is 3.23. The molecule has 0 saturated heterocycles. The average Bonchev–Trinajstić information content (AvgIpc) is 2.26. The van der Waals surface area contributed by atoms with Crippen LogP contribution in [0.5, 0.6) is 0 Å². The first kappa shape index (κ1) is 14.0. The van der Waals surface area contributed by atoms with Crippen LogP contribution in [0, 0.1) is 6.92 Å². The van der Waals surface area contributed by atoms with E-state index >= 15 is 0 Å². The molecule has 0 saturated carbocycles. The third-order valence-electron chi connectivity index (χ3n) is 2.71. The monoisotopic (exact) mass is 258 g/mol. The normalized spacial score (nSPS) is 13.9. The fourth-order valence-corrected chi connectivity index (χ4v) is 2.86. The third kappa shape index (κ3) is 2.77. The number of aliphatic hydroxyl groups is 1. The molecular weight excluding hydrogens is 240 g/mol. The molecule has 1 aromatic rings. The molecule has 1 atom stereocenters. The predicted octanol–water partition coefficient (Wildman–Crippen LogP) is 0.579. The van der Waals surface area contributed by atoms with Gasteiger partial charge in [0.05, 0.1) is 12.3 Å². The highest BCUT2D eigenvalue weighted by Crippen LogP contribution is 2.23. The van der Waals surface area contributed by atoms with E-state index in [4.69, 9.17) is 10.8 Å². The molecule has 17 heavy (non-hydrogen) atoms. The molecule has 0 aliphatic rings. The summed E-state index contributed by atoms with van der Waals surface area (Å²) in [7, 11) is -2.22. The zero-order valence-corrected chi connectivity index (χ0v) is 11.0. The number of hydrogen-bond acceptors (Lipinski definition) is 4. The molecule has 3 N–H and O–H groups in total. The maximum atomic E-state index is 12.2. The van der Waals surface area contributed by atoms with Crippen molar-refractivity contribution in [2.24, 2.45) is 0 Å².